The molecule has 1 aromatic carbocycles. The number of benzene rings is 1. The molecule has 156 valence electrons. The van der Waals surface area contributed by atoms with Crippen molar-refractivity contribution in [2.75, 3.05) is 20.2 Å². The third-order valence-corrected chi connectivity index (χ3v) is 7.04. The lowest BCUT2D eigenvalue weighted by molar-refractivity contribution is 0.266. The Kier molecular flexibility index (Phi) is 6.75. The molecule has 1 aliphatic heterocycles. The summed E-state index contributed by atoms with van der Waals surface area (Å²) in [5, 5.41) is 5.00. The van der Waals surface area contributed by atoms with E-state index in [0.29, 0.717) is 11.3 Å². The highest BCUT2D eigenvalue weighted by Gasteiger charge is 2.45. The highest BCUT2D eigenvalue weighted by molar-refractivity contribution is 5.84. The molecule has 1 fully saturated rings. The van der Waals surface area contributed by atoms with Gasteiger partial charge in [-0.15, -0.1) is 0 Å². The van der Waals surface area contributed by atoms with Crippen molar-refractivity contribution < 1.29 is 9.15 Å². The van der Waals surface area contributed by atoms with Crippen LogP contribution in [0.15, 0.2) is 22.6 Å². The predicted octanol–water partition coefficient (Wildman–Crippen LogP) is 6.55. The van der Waals surface area contributed by atoms with Gasteiger partial charge in [0, 0.05) is 23.4 Å². The molecule has 3 heteroatoms. The van der Waals surface area contributed by atoms with Crippen LogP contribution in [0.2, 0.25) is 0 Å². The largest absolute Gasteiger partial charge is 0.497 e. The molecular formula is C25H39NO2. The van der Waals surface area contributed by atoms with E-state index in [1.165, 1.54) is 36.0 Å². The lowest BCUT2D eigenvalue weighted by Gasteiger charge is -2.29. The molecule has 1 aliphatic carbocycles. The van der Waals surface area contributed by atoms with Crippen molar-refractivity contribution in [2.24, 2.45) is 17.3 Å². The van der Waals surface area contributed by atoms with Crippen molar-refractivity contribution in [3.63, 3.8) is 0 Å². The van der Waals surface area contributed by atoms with Crippen LogP contribution >= 0.6 is 0 Å². The Hall–Kier alpha value is -1.48. The van der Waals surface area contributed by atoms with E-state index in [1.807, 2.05) is 19.9 Å². The van der Waals surface area contributed by atoms with Gasteiger partial charge < -0.3 is 14.5 Å². The molecule has 0 spiro atoms. The molecule has 0 amide bonds. The summed E-state index contributed by atoms with van der Waals surface area (Å²) in [7, 11) is 1.74. The number of ether oxygens (including phenoxy) is 1. The third-order valence-electron chi connectivity index (χ3n) is 7.04. The molecule has 1 saturated carbocycles. The second kappa shape index (κ2) is 8.90. The highest BCUT2D eigenvalue weighted by atomic mass is 16.5. The van der Waals surface area contributed by atoms with Crippen LogP contribution in [0, 0.1) is 17.3 Å². The van der Waals surface area contributed by atoms with Crippen molar-refractivity contribution in [1.29, 1.82) is 0 Å². The lowest BCUT2D eigenvalue weighted by Crippen LogP contribution is -2.32. The summed E-state index contributed by atoms with van der Waals surface area (Å²) >= 11 is 0. The smallest absolute Gasteiger partial charge is 0.134 e. The second-order valence-electron chi connectivity index (χ2n) is 8.80. The summed E-state index contributed by atoms with van der Waals surface area (Å²) in [5.41, 5.74) is 2.86. The summed E-state index contributed by atoms with van der Waals surface area (Å²) in [6, 6.07) is 6.25. The predicted molar refractivity (Wildman–Crippen MR) is 118 cm³/mol. The maximum Gasteiger partial charge on any atom is 0.134 e. The number of hydrogen-bond acceptors (Lipinski definition) is 3. The fraction of sp³-hybridized carbons (Fsp3) is 0.680. The average molecular weight is 386 g/mol. The summed E-state index contributed by atoms with van der Waals surface area (Å²) in [6.07, 6.45) is 6.14. The molecule has 3 nitrogen and oxygen atoms in total. The van der Waals surface area contributed by atoms with E-state index in [4.69, 9.17) is 9.15 Å². The molecule has 2 aromatic rings. The van der Waals surface area contributed by atoms with Gasteiger partial charge in [-0.2, -0.15) is 0 Å². The van der Waals surface area contributed by atoms with Gasteiger partial charge in [-0.1, -0.05) is 41.0 Å². The zero-order chi connectivity index (χ0) is 20.3. The van der Waals surface area contributed by atoms with E-state index in [-0.39, 0.29) is 0 Å². The van der Waals surface area contributed by atoms with Gasteiger partial charge >= 0.3 is 0 Å². The second-order valence-corrected chi connectivity index (χ2v) is 8.80. The van der Waals surface area contributed by atoms with Crippen molar-refractivity contribution in [3.05, 3.63) is 29.5 Å². The quantitative estimate of drug-likeness (QED) is 0.650. The first-order chi connectivity index (χ1) is 13.6. The van der Waals surface area contributed by atoms with Gasteiger partial charge in [-0.05, 0) is 67.7 Å². The lowest BCUT2D eigenvalue weighted by atomic mass is 9.77. The van der Waals surface area contributed by atoms with E-state index in [2.05, 4.69) is 38.2 Å². The molecule has 28 heavy (non-hydrogen) atoms. The third kappa shape index (κ3) is 3.83. The zero-order valence-corrected chi connectivity index (χ0v) is 18.7. The molecule has 4 unspecified atom stereocenters. The van der Waals surface area contributed by atoms with E-state index in [0.717, 1.165) is 49.1 Å². The van der Waals surface area contributed by atoms with Crippen molar-refractivity contribution in [2.45, 2.75) is 72.6 Å². The van der Waals surface area contributed by atoms with Gasteiger partial charge in [-0.25, -0.2) is 0 Å². The first-order valence-corrected chi connectivity index (χ1v) is 11.4. The molecule has 2 bridgehead atoms. The molecule has 1 aromatic heterocycles. The Balaban J connectivity index is 0.00000109. The number of rotatable bonds is 3. The van der Waals surface area contributed by atoms with Crippen LogP contribution in [-0.2, 0) is 6.42 Å². The fourth-order valence-electron chi connectivity index (χ4n) is 5.78. The molecule has 2 heterocycles. The van der Waals surface area contributed by atoms with Crippen molar-refractivity contribution in [3.8, 4) is 5.75 Å². The monoisotopic (exact) mass is 385 g/mol. The van der Waals surface area contributed by atoms with E-state index in [9.17, 15) is 0 Å². The number of fused-ring (bicyclic) bond motifs is 5. The number of nitrogens with one attached hydrogen (secondary N) is 1. The Morgan fingerprint density at radius 2 is 1.96 bits per heavy atom. The van der Waals surface area contributed by atoms with Gasteiger partial charge in [0.05, 0.1) is 7.11 Å². The number of methoxy groups -OCH3 is 1. The summed E-state index contributed by atoms with van der Waals surface area (Å²) < 4.78 is 12.0. The van der Waals surface area contributed by atoms with Crippen LogP contribution in [0.4, 0.5) is 0 Å². The minimum Gasteiger partial charge on any atom is -0.497 e. The molecule has 2 aliphatic rings. The first kappa shape index (κ1) is 21.2. The van der Waals surface area contributed by atoms with E-state index < -0.39 is 0 Å². The maximum atomic E-state index is 6.52. The Labute approximate surface area is 171 Å². The number of furan rings is 1. The summed E-state index contributed by atoms with van der Waals surface area (Å²) in [4.78, 5) is 0. The van der Waals surface area contributed by atoms with E-state index >= 15 is 0 Å². The van der Waals surface area contributed by atoms with Crippen LogP contribution < -0.4 is 10.1 Å². The maximum absolute atomic E-state index is 6.52. The Bertz CT molecular complexity index is 780. The SMILES string of the molecule is CC.CCC1CC2(C)CNCCc3c(oc4ccc(OC)cc34)C(CC)C1C2. The minimum atomic E-state index is 0.436. The highest BCUT2D eigenvalue weighted by Crippen LogP contribution is 2.54. The van der Waals surface area contributed by atoms with Crippen molar-refractivity contribution in [1.82, 2.24) is 5.32 Å². The molecule has 4 atom stereocenters. The molecule has 0 saturated heterocycles. The topological polar surface area (TPSA) is 34.4 Å². The van der Waals surface area contributed by atoms with Gasteiger partial charge in [0.2, 0.25) is 0 Å². The van der Waals surface area contributed by atoms with Crippen molar-refractivity contribution >= 4 is 11.0 Å². The zero-order valence-electron chi connectivity index (χ0n) is 18.7. The standard InChI is InChI=1S/C23H33NO2.C2H6/c1-5-15-12-23(3)13-20(15)17(6-2)22-18(9-10-24-14-23)19-11-16(25-4)7-8-21(19)26-22;1-2/h7-8,11,15,17,20,24H,5-6,9-10,12-14H2,1-4H3;1-2H3. The minimum absolute atomic E-state index is 0.436. The summed E-state index contributed by atoms with van der Waals surface area (Å²) in [6.45, 7) is 13.4. The fourth-order valence-corrected chi connectivity index (χ4v) is 5.78. The normalized spacial score (nSPS) is 29.7. The molecule has 4 rings (SSSR count). The number of hydrogen-bond donors (Lipinski definition) is 1. The van der Waals surface area contributed by atoms with Gasteiger partial charge in [-0.3, -0.25) is 0 Å². The van der Waals surface area contributed by atoms with Crippen LogP contribution in [0.25, 0.3) is 11.0 Å². The van der Waals surface area contributed by atoms with Gasteiger partial charge in [0.25, 0.3) is 0 Å². The van der Waals surface area contributed by atoms with Crippen LogP contribution in [-0.4, -0.2) is 20.2 Å². The van der Waals surface area contributed by atoms with Crippen LogP contribution in [0.5, 0.6) is 5.75 Å². The summed E-state index contributed by atoms with van der Waals surface area (Å²) in [5.74, 6) is 4.25. The Morgan fingerprint density at radius 1 is 1.18 bits per heavy atom. The van der Waals surface area contributed by atoms with Gasteiger partial charge in [0.15, 0.2) is 0 Å². The van der Waals surface area contributed by atoms with Crippen LogP contribution in [0.3, 0.4) is 0 Å². The van der Waals surface area contributed by atoms with Crippen LogP contribution in [0.1, 0.15) is 77.5 Å². The van der Waals surface area contributed by atoms with E-state index in [1.54, 1.807) is 7.11 Å². The Morgan fingerprint density at radius 3 is 2.64 bits per heavy atom. The molecule has 1 N–H and O–H groups in total. The first-order valence-electron chi connectivity index (χ1n) is 11.4. The molecular weight excluding hydrogens is 346 g/mol. The van der Waals surface area contributed by atoms with Gasteiger partial charge in [0.1, 0.15) is 17.1 Å². The average Bonchev–Trinajstić information content (AvgIpc) is 3.24. The molecule has 0 radical (unpaired) electrons.